The molecule has 0 aromatic rings. The number of hydrazine groups is 1. The van der Waals surface area contributed by atoms with Crippen molar-refractivity contribution in [2.45, 2.75) is 6.29 Å². The summed E-state index contributed by atoms with van der Waals surface area (Å²) in [6.07, 6.45) is -0.659. The van der Waals surface area contributed by atoms with Gasteiger partial charge >= 0.3 is 0 Å². The molecule has 0 aromatic carbocycles. The molecule has 80 valence electrons. The Kier molecular flexibility index (Phi) is 3.59. The summed E-state index contributed by atoms with van der Waals surface area (Å²) < 4.78 is 0. The Morgan fingerprint density at radius 2 is 2.29 bits per heavy atom. The fourth-order valence-electron chi connectivity index (χ4n) is 0.904. The summed E-state index contributed by atoms with van der Waals surface area (Å²) in [5.74, 6) is 0.118. The van der Waals surface area contributed by atoms with Crippen LogP contribution in [0, 0.1) is 5.41 Å². The van der Waals surface area contributed by atoms with Gasteiger partial charge in [-0.2, -0.15) is 5.48 Å². The lowest BCUT2D eigenvalue weighted by Gasteiger charge is -2.33. The number of hydrogen-bond donors (Lipinski definition) is 5. The molecule has 6 N–H and O–H groups in total. The predicted octanol–water partition coefficient (Wildman–Crippen LogP) is -2.36. The molecule has 0 fully saturated rings. The average Bonchev–Trinajstić information content (AvgIpc) is 2.11. The summed E-state index contributed by atoms with van der Waals surface area (Å²) in [6.45, 7) is 0. The summed E-state index contributed by atoms with van der Waals surface area (Å²) in [5.41, 5.74) is 10.4. The molecule has 1 rings (SSSR count). The Labute approximate surface area is 80.6 Å². The van der Waals surface area contributed by atoms with Crippen LogP contribution in [-0.4, -0.2) is 37.4 Å². The number of hydroxylamine groups is 1. The molecule has 0 aliphatic carbocycles. The molecule has 0 bridgehead atoms. The SMILES string of the molecule is CONC1N=C(N)NC(=N)N1NOC. The molecule has 0 aromatic heterocycles. The van der Waals surface area contributed by atoms with E-state index in [2.05, 4.69) is 31.1 Å². The molecule has 0 spiro atoms. The maximum absolute atomic E-state index is 7.50. The van der Waals surface area contributed by atoms with Crippen LogP contribution in [0.2, 0.25) is 0 Å². The topological polar surface area (TPSA) is 120 Å². The Hall–Kier alpha value is -1.42. The lowest BCUT2D eigenvalue weighted by Crippen LogP contribution is -2.63. The van der Waals surface area contributed by atoms with E-state index in [-0.39, 0.29) is 11.9 Å². The van der Waals surface area contributed by atoms with Gasteiger partial charge in [-0.25, -0.2) is 10.0 Å². The molecule has 0 saturated heterocycles. The van der Waals surface area contributed by atoms with Crippen molar-refractivity contribution in [3.63, 3.8) is 0 Å². The third-order valence-electron chi connectivity index (χ3n) is 1.41. The van der Waals surface area contributed by atoms with Crippen molar-refractivity contribution in [1.29, 1.82) is 5.41 Å². The first-order valence-corrected chi connectivity index (χ1v) is 3.74. The molecule has 1 aliphatic heterocycles. The molecule has 1 aliphatic rings. The standard InChI is InChI=1S/C5H13N7O2/c1-13-10-5-9-3(6)8-4(7)12(5)11-14-2/h5,10-11H,1-2H3,(H4,6,7,8,9). The predicted molar refractivity (Wildman–Crippen MR) is 48.4 cm³/mol. The lowest BCUT2D eigenvalue weighted by atomic mass is 10.6. The third-order valence-corrected chi connectivity index (χ3v) is 1.41. The molecule has 0 radical (unpaired) electrons. The Balaban J connectivity index is 2.72. The van der Waals surface area contributed by atoms with Gasteiger partial charge in [-0.1, -0.05) is 0 Å². The Morgan fingerprint density at radius 3 is 2.86 bits per heavy atom. The highest BCUT2D eigenvalue weighted by atomic mass is 16.7. The molecule has 1 atom stereocenters. The van der Waals surface area contributed by atoms with Crippen molar-refractivity contribution >= 4 is 11.9 Å². The largest absolute Gasteiger partial charge is 0.370 e. The highest BCUT2D eigenvalue weighted by Crippen LogP contribution is 1.98. The second kappa shape index (κ2) is 4.72. The van der Waals surface area contributed by atoms with Gasteiger partial charge in [0.15, 0.2) is 5.96 Å². The van der Waals surface area contributed by atoms with E-state index in [1.165, 1.54) is 19.2 Å². The van der Waals surface area contributed by atoms with Crippen LogP contribution in [0.15, 0.2) is 4.99 Å². The number of aliphatic imine (C=N–C) groups is 1. The van der Waals surface area contributed by atoms with Gasteiger partial charge in [0.1, 0.15) is 0 Å². The van der Waals surface area contributed by atoms with Gasteiger partial charge in [-0.3, -0.25) is 15.6 Å². The fraction of sp³-hybridized carbons (Fsp3) is 0.600. The summed E-state index contributed by atoms with van der Waals surface area (Å²) in [4.78, 5) is 13.2. The van der Waals surface area contributed by atoms with Gasteiger partial charge < -0.3 is 10.6 Å². The molecule has 9 nitrogen and oxygen atoms in total. The molecular formula is C5H13N7O2. The van der Waals surface area contributed by atoms with E-state index >= 15 is 0 Å². The van der Waals surface area contributed by atoms with Crippen molar-refractivity contribution in [3.05, 3.63) is 0 Å². The van der Waals surface area contributed by atoms with Crippen LogP contribution in [0.25, 0.3) is 0 Å². The van der Waals surface area contributed by atoms with E-state index in [0.29, 0.717) is 0 Å². The van der Waals surface area contributed by atoms with Gasteiger partial charge in [0.05, 0.1) is 14.2 Å². The quantitative estimate of drug-likeness (QED) is 0.324. The smallest absolute Gasteiger partial charge is 0.219 e. The number of rotatable bonds is 4. The molecule has 0 amide bonds. The van der Waals surface area contributed by atoms with Gasteiger partial charge in [-0.15, -0.1) is 5.59 Å². The normalized spacial score (nSPS) is 21.9. The average molecular weight is 203 g/mol. The lowest BCUT2D eigenvalue weighted by molar-refractivity contribution is -0.0807. The van der Waals surface area contributed by atoms with E-state index in [4.69, 9.17) is 11.1 Å². The number of guanidine groups is 2. The summed E-state index contributed by atoms with van der Waals surface area (Å²) in [6, 6.07) is 0. The van der Waals surface area contributed by atoms with Crippen molar-refractivity contribution in [1.82, 2.24) is 21.4 Å². The second-order valence-electron chi connectivity index (χ2n) is 2.35. The zero-order valence-electron chi connectivity index (χ0n) is 7.87. The Bertz CT molecular complexity index is 242. The van der Waals surface area contributed by atoms with E-state index < -0.39 is 6.29 Å². The van der Waals surface area contributed by atoms with Crippen molar-refractivity contribution < 1.29 is 9.68 Å². The van der Waals surface area contributed by atoms with Crippen LogP contribution in [-0.2, 0) is 9.68 Å². The number of hydrogen-bond acceptors (Lipinski definition) is 7. The molecular weight excluding hydrogens is 190 g/mol. The number of nitrogens with zero attached hydrogens (tertiary/aromatic N) is 2. The van der Waals surface area contributed by atoms with E-state index in [1.54, 1.807) is 0 Å². The zero-order chi connectivity index (χ0) is 10.6. The van der Waals surface area contributed by atoms with Crippen molar-refractivity contribution in [3.8, 4) is 0 Å². The first-order valence-electron chi connectivity index (χ1n) is 3.74. The van der Waals surface area contributed by atoms with Crippen molar-refractivity contribution in [2.24, 2.45) is 10.7 Å². The molecule has 1 unspecified atom stereocenters. The third kappa shape index (κ3) is 2.29. The van der Waals surface area contributed by atoms with Crippen LogP contribution in [0.1, 0.15) is 0 Å². The van der Waals surface area contributed by atoms with Crippen LogP contribution in [0.4, 0.5) is 0 Å². The zero-order valence-corrected chi connectivity index (χ0v) is 7.87. The van der Waals surface area contributed by atoms with Gasteiger partial charge in [-0.05, 0) is 0 Å². The molecule has 14 heavy (non-hydrogen) atoms. The minimum atomic E-state index is -0.659. The monoisotopic (exact) mass is 203 g/mol. The van der Waals surface area contributed by atoms with Crippen LogP contribution in [0.3, 0.4) is 0 Å². The first-order chi connectivity index (χ1) is 6.69. The summed E-state index contributed by atoms with van der Waals surface area (Å²) in [7, 11) is 2.85. The van der Waals surface area contributed by atoms with E-state index in [9.17, 15) is 0 Å². The van der Waals surface area contributed by atoms with Crippen LogP contribution < -0.4 is 22.1 Å². The highest BCUT2D eigenvalue weighted by Gasteiger charge is 2.25. The maximum Gasteiger partial charge on any atom is 0.219 e. The number of nitrogens with one attached hydrogen (secondary N) is 4. The Morgan fingerprint density at radius 1 is 1.57 bits per heavy atom. The minimum absolute atomic E-state index is 0.00565. The summed E-state index contributed by atoms with van der Waals surface area (Å²) >= 11 is 0. The van der Waals surface area contributed by atoms with Gasteiger partial charge in [0.2, 0.25) is 12.2 Å². The summed E-state index contributed by atoms with van der Waals surface area (Å²) in [5, 5.41) is 11.3. The highest BCUT2D eigenvalue weighted by molar-refractivity contribution is 5.97. The first kappa shape index (κ1) is 10.7. The fourth-order valence-corrected chi connectivity index (χ4v) is 0.904. The molecule has 0 saturated carbocycles. The van der Waals surface area contributed by atoms with Crippen LogP contribution >= 0.6 is 0 Å². The molecule has 9 heteroatoms. The molecule has 1 heterocycles. The van der Waals surface area contributed by atoms with E-state index in [1.807, 2.05) is 0 Å². The van der Waals surface area contributed by atoms with Gasteiger partial charge in [0, 0.05) is 0 Å². The van der Waals surface area contributed by atoms with E-state index in [0.717, 1.165) is 0 Å². The number of nitrogens with two attached hydrogens (primary N) is 1. The van der Waals surface area contributed by atoms with Gasteiger partial charge in [0.25, 0.3) is 0 Å². The minimum Gasteiger partial charge on any atom is -0.370 e. The van der Waals surface area contributed by atoms with Crippen molar-refractivity contribution in [2.75, 3.05) is 14.2 Å². The second-order valence-corrected chi connectivity index (χ2v) is 2.35. The van der Waals surface area contributed by atoms with Crippen LogP contribution in [0.5, 0.6) is 0 Å². The maximum atomic E-state index is 7.50.